The first-order valence-corrected chi connectivity index (χ1v) is 10.0. The maximum Gasteiger partial charge on any atom is 0.264 e. The molecule has 0 bridgehead atoms. The summed E-state index contributed by atoms with van der Waals surface area (Å²) in [6.45, 7) is 6.26. The minimum Gasteiger partial charge on any atom is -0.365 e. The number of rotatable bonds is 4. The Kier molecular flexibility index (Phi) is 4.73. The Morgan fingerprint density at radius 3 is 3.00 bits per heavy atom. The molecule has 27 heavy (non-hydrogen) atoms. The van der Waals surface area contributed by atoms with Crippen LogP contribution < -0.4 is 5.32 Å². The van der Waals surface area contributed by atoms with E-state index >= 15 is 0 Å². The van der Waals surface area contributed by atoms with E-state index in [1.807, 2.05) is 40.9 Å². The Bertz CT molecular complexity index is 847. The summed E-state index contributed by atoms with van der Waals surface area (Å²) in [4.78, 5) is 27.0. The fourth-order valence-electron chi connectivity index (χ4n) is 3.53. The standard InChI is InChI=1S/C18H23N5O3S/c1-12(2)16(24)19-8-13-14-9-26-18(11-23(14)21-20-13)5-6-22(10-18)17(25)15-4-3-7-27-15/h3-4,7,12H,5-6,8-11H2,1-2H3,(H,19,24). The minimum atomic E-state index is -0.411. The van der Waals surface area contributed by atoms with Crippen LogP contribution in [-0.2, 0) is 29.2 Å². The molecule has 1 saturated heterocycles. The molecule has 0 aromatic carbocycles. The number of carbonyl (C=O) groups excluding carboxylic acids is 2. The third kappa shape index (κ3) is 3.49. The largest absolute Gasteiger partial charge is 0.365 e. The van der Waals surface area contributed by atoms with Crippen molar-refractivity contribution in [2.45, 2.75) is 45.6 Å². The van der Waals surface area contributed by atoms with E-state index in [1.54, 1.807) is 0 Å². The molecule has 4 heterocycles. The molecule has 4 rings (SSSR count). The molecule has 0 radical (unpaired) electrons. The monoisotopic (exact) mass is 389 g/mol. The Balaban J connectivity index is 1.42. The zero-order valence-electron chi connectivity index (χ0n) is 15.5. The van der Waals surface area contributed by atoms with Crippen molar-refractivity contribution in [2.75, 3.05) is 13.1 Å². The maximum absolute atomic E-state index is 12.6. The van der Waals surface area contributed by atoms with Crippen LogP contribution in [0.25, 0.3) is 0 Å². The number of likely N-dealkylation sites (tertiary alicyclic amines) is 1. The van der Waals surface area contributed by atoms with Crippen molar-refractivity contribution < 1.29 is 14.3 Å². The molecule has 2 amide bonds. The number of fused-ring (bicyclic) bond motifs is 1. The van der Waals surface area contributed by atoms with E-state index in [0.29, 0.717) is 32.8 Å². The van der Waals surface area contributed by atoms with Gasteiger partial charge in [-0.05, 0) is 17.9 Å². The van der Waals surface area contributed by atoms with Crippen LogP contribution in [0.4, 0.5) is 0 Å². The summed E-state index contributed by atoms with van der Waals surface area (Å²) < 4.78 is 8.06. The smallest absolute Gasteiger partial charge is 0.264 e. The van der Waals surface area contributed by atoms with Gasteiger partial charge in [0.15, 0.2) is 0 Å². The number of nitrogens with one attached hydrogen (secondary N) is 1. The first kappa shape index (κ1) is 18.1. The molecule has 1 unspecified atom stereocenters. The van der Waals surface area contributed by atoms with Crippen LogP contribution in [-0.4, -0.2) is 50.4 Å². The van der Waals surface area contributed by atoms with Gasteiger partial charge in [-0.1, -0.05) is 25.1 Å². The summed E-state index contributed by atoms with van der Waals surface area (Å²) in [5, 5.41) is 13.3. The van der Waals surface area contributed by atoms with Gasteiger partial charge in [0.2, 0.25) is 5.91 Å². The van der Waals surface area contributed by atoms with Crippen molar-refractivity contribution in [2.24, 2.45) is 5.92 Å². The molecule has 1 atom stereocenters. The number of hydrogen-bond acceptors (Lipinski definition) is 6. The molecule has 2 aliphatic rings. The SMILES string of the molecule is CC(C)C(=O)NCc1nnn2c1COC1(CCN(C(=O)c3cccs3)C1)C2. The average Bonchev–Trinajstić information content (AvgIpc) is 3.39. The lowest BCUT2D eigenvalue weighted by Crippen LogP contribution is -2.45. The second-order valence-corrected chi connectivity index (χ2v) is 8.39. The molecular weight excluding hydrogens is 366 g/mol. The Morgan fingerprint density at radius 2 is 2.26 bits per heavy atom. The Labute approximate surface area is 161 Å². The summed E-state index contributed by atoms with van der Waals surface area (Å²) in [6.07, 6.45) is 0.781. The highest BCUT2D eigenvalue weighted by molar-refractivity contribution is 7.12. The third-order valence-electron chi connectivity index (χ3n) is 5.16. The van der Waals surface area contributed by atoms with E-state index in [0.717, 1.165) is 22.7 Å². The number of amides is 2. The van der Waals surface area contributed by atoms with Crippen molar-refractivity contribution in [3.8, 4) is 0 Å². The van der Waals surface area contributed by atoms with Gasteiger partial charge in [-0.25, -0.2) is 4.68 Å². The molecule has 0 aliphatic carbocycles. The van der Waals surface area contributed by atoms with Crippen LogP contribution in [0, 0.1) is 5.92 Å². The molecule has 9 heteroatoms. The summed E-state index contributed by atoms with van der Waals surface area (Å²) >= 11 is 1.46. The summed E-state index contributed by atoms with van der Waals surface area (Å²) in [5.41, 5.74) is 1.22. The third-order valence-corrected chi connectivity index (χ3v) is 6.02. The topological polar surface area (TPSA) is 89.3 Å². The van der Waals surface area contributed by atoms with Crippen LogP contribution in [0.1, 0.15) is 41.3 Å². The van der Waals surface area contributed by atoms with Gasteiger partial charge in [0.25, 0.3) is 5.91 Å². The van der Waals surface area contributed by atoms with E-state index < -0.39 is 5.60 Å². The van der Waals surface area contributed by atoms with Crippen molar-refractivity contribution in [1.29, 1.82) is 0 Å². The number of thiophene rings is 1. The first-order chi connectivity index (χ1) is 13.0. The Morgan fingerprint density at radius 1 is 1.41 bits per heavy atom. The number of carbonyl (C=O) groups is 2. The summed E-state index contributed by atoms with van der Waals surface area (Å²) in [6, 6.07) is 3.75. The molecule has 2 aromatic heterocycles. The van der Waals surface area contributed by atoms with Crippen LogP contribution >= 0.6 is 11.3 Å². The van der Waals surface area contributed by atoms with Gasteiger partial charge in [0.1, 0.15) is 11.3 Å². The van der Waals surface area contributed by atoms with Gasteiger partial charge in [-0.3, -0.25) is 9.59 Å². The molecule has 144 valence electrons. The summed E-state index contributed by atoms with van der Waals surface area (Å²) in [5.74, 6) is -0.0169. The molecule has 2 aliphatic heterocycles. The van der Waals surface area contributed by atoms with E-state index in [9.17, 15) is 9.59 Å². The zero-order valence-corrected chi connectivity index (χ0v) is 16.3. The van der Waals surface area contributed by atoms with E-state index in [4.69, 9.17) is 4.74 Å². The molecular formula is C18H23N5O3S. The molecule has 8 nitrogen and oxygen atoms in total. The van der Waals surface area contributed by atoms with Gasteiger partial charge < -0.3 is 15.0 Å². The van der Waals surface area contributed by atoms with E-state index in [-0.39, 0.29) is 17.7 Å². The summed E-state index contributed by atoms with van der Waals surface area (Å²) in [7, 11) is 0. The molecule has 1 fully saturated rings. The van der Waals surface area contributed by atoms with Crippen LogP contribution in [0.15, 0.2) is 17.5 Å². The fourth-order valence-corrected chi connectivity index (χ4v) is 4.22. The highest BCUT2D eigenvalue weighted by Crippen LogP contribution is 2.33. The van der Waals surface area contributed by atoms with Crippen LogP contribution in [0.2, 0.25) is 0 Å². The number of hydrogen-bond donors (Lipinski definition) is 1. The van der Waals surface area contributed by atoms with Crippen LogP contribution in [0.5, 0.6) is 0 Å². The number of aromatic nitrogens is 3. The van der Waals surface area contributed by atoms with Crippen molar-refractivity contribution in [1.82, 2.24) is 25.2 Å². The predicted octanol–water partition coefficient (Wildman–Crippen LogP) is 1.43. The lowest BCUT2D eigenvalue weighted by atomic mass is 10.0. The minimum absolute atomic E-state index is 0.0107. The number of ether oxygens (including phenoxy) is 1. The normalized spacial score (nSPS) is 21.7. The lowest BCUT2D eigenvalue weighted by Gasteiger charge is -2.33. The van der Waals surface area contributed by atoms with Crippen molar-refractivity contribution in [3.63, 3.8) is 0 Å². The van der Waals surface area contributed by atoms with Gasteiger partial charge >= 0.3 is 0 Å². The second kappa shape index (κ2) is 7.05. The highest BCUT2D eigenvalue weighted by atomic mass is 32.1. The van der Waals surface area contributed by atoms with E-state index in [1.165, 1.54) is 11.3 Å². The highest BCUT2D eigenvalue weighted by Gasteiger charge is 2.45. The van der Waals surface area contributed by atoms with E-state index in [2.05, 4.69) is 15.6 Å². The van der Waals surface area contributed by atoms with Gasteiger partial charge in [0, 0.05) is 12.5 Å². The fraction of sp³-hybridized carbons (Fsp3) is 0.556. The lowest BCUT2D eigenvalue weighted by molar-refractivity contribution is -0.124. The first-order valence-electron chi connectivity index (χ1n) is 9.13. The molecule has 0 saturated carbocycles. The van der Waals surface area contributed by atoms with Gasteiger partial charge in [-0.2, -0.15) is 0 Å². The van der Waals surface area contributed by atoms with Gasteiger partial charge in [-0.15, -0.1) is 16.4 Å². The predicted molar refractivity (Wildman–Crippen MR) is 99.1 cm³/mol. The molecule has 1 spiro atoms. The molecule has 2 aromatic rings. The number of nitrogens with zero attached hydrogens (tertiary/aromatic N) is 4. The van der Waals surface area contributed by atoms with Gasteiger partial charge in [0.05, 0.1) is 36.8 Å². The average molecular weight is 389 g/mol. The van der Waals surface area contributed by atoms with Crippen molar-refractivity contribution >= 4 is 23.2 Å². The Hall–Kier alpha value is -2.26. The van der Waals surface area contributed by atoms with Crippen LogP contribution in [0.3, 0.4) is 0 Å². The zero-order chi connectivity index (χ0) is 19.0. The second-order valence-electron chi connectivity index (χ2n) is 7.44. The molecule has 1 N–H and O–H groups in total. The van der Waals surface area contributed by atoms with Crippen molar-refractivity contribution in [3.05, 3.63) is 33.8 Å². The quantitative estimate of drug-likeness (QED) is 0.854. The maximum atomic E-state index is 12.6.